The van der Waals surface area contributed by atoms with Crippen LogP contribution in [-0.4, -0.2) is 37.3 Å². The van der Waals surface area contributed by atoms with Gasteiger partial charge < -0.3 is 25.6 Å². The highest BCUT2D eigenvalue weighted by Crippen LogP contribution is 2.43. The zero-order valence-electron chi connectivity index (χ0n) is 29.0. The molecule has 5 N–H and O–H groups in total. The van der Waals surface area contributed by atoms with Crippen LogP contribution in [-0.2, 0) is 37.3 Å². The normalized spacial score (nSPS) is 19.5. The Kier molecular flexibility index (Phi) is 12.1. The molecule has 5 aromatic rings. The molecule has 5 atom stereocenters. The van der Waals surface area contributed by atoms with Crippen molar-refractivity contribution in [3.63, 3.8) is 0 Å². The summed E-state index contributed by atoms with van der Waals surface area (Å²) in [6.45, 7) is 3.92. The third-order valence-corrected chi connectivity index (χ3v) is 11.8. The lowest BCUT2D eigenvalue weighted by Crippen LogP contribution is -2.45. The Labute approximate surface area is 309 Å². The number of benzene rings is 5. The van der Waals surface area contributed by atoms with Crippen molar-refractivity contribution in [2.24, 2.45) is 5.92 Å². The van der Waals surface area contributed by atoms with E-state index in [9.17, 15) is 18.3 Å². The van der Waals surface area contributed by atoms with E-state index < -0.39 is 28.3 Å². The third kappa shape index (κ3) is 9.29. The lowest BCUT2D eigenvalue weighted by atomic mass is 9.91. The van der Waals surface area contributed by atoms with Gasteiger partial charge in [0.05, 0.1) is 23.7 Å². The average molecular weight is 738 g/mol. The van der Waals surface area contributed by atoms with E-state index in [1.807, 2.05) is 91.9 Å². The van der Waals surface area contributed by atoms with E-state index in [0.29, 0.717) is 22.7 Å². The van der Waals surface area contributed by atoms with Crippen molar-refractivity contribution in [2.45, 2.75) is 61.2 Å². The maximum atomic E-state index is 13.9. The Morgan fingerprint density at radius 2 is 1.56 bits per heavy atom. The summed E-state index contributed by atoms with van der Waals surface area (Å²) in [7, 11) is -4.01. The van der Waals surface area contributed by atoms with E-state index in [1.165, 1.54) is 12.1 Å². The van der Waals surface area contributed by atoms with E-state index in [0.717, 1.165) is 27.1 Å². The van der Waals surface area contributed by atoms with Crippen LogP contribution >= 0.6 is 11.8 Å². The first-order chi connectivity index (χ1) is 25.1. The molecule has 5 unspecified atom stereocenters. The van der Waals surface area contributed by atoms with Crippen LogP contribution in [0.25, 0.3) is 0 Å². The number of sulfonamides is 1. The van der Waals surface area contributed by atoms with Crippen LogP contribution in [0.2, 0.25) is 0 Å². The van der Waals surface area contributed by atoms with Crippen LogP contribution in [0.15, 0.2) is 137 Å². The Morgan fingerprint density at radius 3 is 2.27 bits per heavy atom. The molecule has 0 aliphatic carbocycles. The SMILES string of the molecule is Cc1ccc(S(=O)(=O)NC(Cc2ccccc2)C(=O)Nc2cccc(C3OC(CSc4ccccc4N)C(C)C(c4ccc(CO)cc4)O3)c2)cc1. The van der Waals surface area contributed by atoms with Crippen molar-refractivity contribution in [3.05, 3.63) is 155 Å². The number of nitrogen functional groups attached to an aromatic ring is 1. The number of ether oxygens (including phenoxy) is 2. The highest BCUT2D eigenvalue weighted by atomic mass is 32.2. The van der Waals surface area contributed by atoms with Gasteiger partial charge in [-0.05, 0) is 66.4 Å². The summed E-state index contributed by atoms with van der Waals surface area (Å²) in [6, 6.07) is 37.3. The molecule has 0 aromatic heterocycles. The fourth-order valence-electron chi connectivity index (χ4n) is 6.10. The predicted molar refractivity (Wildman–Crippen MR) is 205 cm³/mol. The van der Waals surface area contributed by atoms with Crippen molar-refractivity contribution in [1.29, 1.82) is 0 Å². The minimum Gasteiger partial charge on any atom is -0.398 e. The van der Waals surface area contributed by atoms with Crippen molar-refractivity contribution in [3.8, 4) is 0 Å². The molecule has 5 aromatic carbocycles. The van der Waals surface area contributed by atoms with Crippen LogP contribution in [0.4, 0.5) is 11.4 Å². The van der Waals surface area contributed by atoms with Crippen molar-refractivity contribution in [1.82, 2.24) is 4.72 Å². The molecule has 1 saturated heterocycles. The van der Waals surface area contributed by atoms with Gasteiger partial charge in [-0.1, -0.05) is 103 Å². The first-order valence-electron chi connectivity index (χ1n) is 17.1. The number of para-hydroxylation sites is 1. The number of aliphatic hydroxyl groups excluding tert-OH is 1. The molecule has 270 valence electrons. The minimum absolute atomic E-state index is 0.0307. The van der Waals surface area contributed by atoms with E-state index in [1.54, 1.807) is 42.1 Å². The number of rotatable bonds is 13. The number of carbonyl (C=O) groups is 1. The van der Waals surface area contributed by atoms with Gasteiger partial charge in [0.15, 0.2) is 6.29 Å². The maximum absolute atomic E-state index is 13.9. The summed E-state index contributed by atoms with van der Waals surface area (Å²) in [5.41, 5.74) is 11.6. The fourth-order valence-corrected chi connectivity index (χ4v) is 8.43. The Balaban J connectivity index is 1.24. The van der Waals surface area contributed by atoms with Crippen molar-refractivity contribution < 1.29 is 27.8 Å². The molecule has 1 fully saturated rings. The van der Waals surface area contributed by atoms with Gasteiger partial charge in [0.1, 0.15) is 6.04 Å². The lowest BCUT2D eigenvalue weighted by molar-refractivity contribution is -0.268. The first kappa shape index (κ1) is 37.3. The largest absolute Gasteiger partial charge is 0.398 e. The molecule has 6 rings (SSSR count). The summed E-state index contributed by atoms with van der Waals surface area (Å²) in [5.74, 6) is 0.0864. The van der Waals surface area contributed by atoms with Crippen LogP contribution in [0.3, 0.4) is 0 Å². The number of amides is 1. The minimum atomic E-state index is -4.01. The summed E-state index contributed by atoms with van der Waals surface area (Å²) in [4.78, 5) is 14.9. The number of hydrogen-bond donors (Lipinski definition) is 4. The molecule has 1 aliphatic heterocycles. The second-order valence-electron chi connectivity index (χ2n) is 13.0. The maximum Gasteiger partial charge on any atom is 0.242 e. The molecule has 0 saturated carbocycles. The van der Waals surface area contributed by atoms with E-state index >= 15 is 0 Å². The van der Waals surface area contributed by atoms with Crippen molar-refractivity contribution >= 4 is 39.1 Å². The van der Waals surface area contributed by atoms with Gasteiger partial charge in [0.2, 0.25) is 15.9 Å². The molecule has 0 spiro atoms. The molecule has 1 amide bonds. The number of anilines is 2. The molecule has 1 heterocycles. The molecule has 0 radical (unpaired) electrons. The van der Waals surface area contributed by atoms with Crippen molar-refractivity contribution in [2.75, 3.05) is 16.8 Å². The van der Waals surface area contributed by atoms with Gasteiger partial charge in [0, 0.05) is 33.5 Å². The monoisotopic (exact) mass is 737 g/mol. The van der Waals surface area contributed by atoms with Gasteiger partial charge >= 0.3 is 0 Å². The second-order valence-corrected chi connectivity index (χ2v) is 15.7. The van der Waals surface area contributed by atoms with Crippen LogP contribution in [0.5, 0.6) is 0 Å². The van der Waals surface area contributed by atoms with Gasteiger partial charge in [0.25, 0.3) is 0 Å². The summed E-state index contributed by atoms with van der Waals surface area (Å²) in [6.07, 6.45) is -1.17. The van der Waals surface area contributed by atoms with E-state index in [2.05, 4.69) is 17.0 Å². The number of aliphatic hydroxyl groups is 1. The van der Waals surface area contributed by atoms with Gasteiger partial charge in [-0.2, -0.15) is 4.72 Å². The topological polar surface area (TPSA) is 140 Å². The zero-order chi connectivity index (χ0) is 36.7. The van der Waals surface area contributed by atoms with Crippen LogP contribution in [0.1, 0.15) is 47.1 Å². The Bertz CT molecular complexity index is 2060. The Hall–Kier alpha value is -4.49. The molecule has 0 bridgehead atoms. The average Bonchev–Trinajstić information content (AvgIpc) is 3.15. The lowest BCUT2D eigenvalue weighted by Gasteiger charge is -2.41. The highest BCUT2D eigenvalue weighted by molar-refractivity contribution is 7.99. The fraction of sp³-hybridized carbons (Fsp3) is 0.244. The number of aryl methyl sites for hydroxylation is 1. The van der Waals surface area contributed by atoms with Gasteiger partial charge in [-0.25, -0.2) is 8.42 Å². The third-order valence-electron chi connectivity index (χ3n) is 9.10. The molecule has 9 nitrogen and oxygen atoms in total. The Morgan fingerprint density at radius 1 is 0.846 bits per heavy atom. The summed E-state index contributed by atoms with van der Waals surface area (Å²) >= 11 is 1.62. The molecule has 11 heteroatoms. The zero-order valence-corrected chi connectivity index (χ0v) is 30.6. The number of carbonyl (C=O) groups excluding carboxylic acids is 1. The van der Waals surface area contributed by atoms with Gasteiger partial charge in [-0.3, -0.25) is 4.79 Å². The smallest absolute Gasteiger partial charge is 0.242 e. The molecular formula is C41H43N3O6S2. The number of hydrogen-bond acceptors (Lipinski definition) is 8. The molecular weight excluding hydrogens is 695 g/mol. The van der Waals surface area contributed by atoms with Crippen LogP contribution in [0, 0.1) is 12.8 Å². The number of nitrogens with two attached hydrogens (primary N) is 1. The highest BCUT2D eigenvalue weighted by Gasteiger charge is 2.38. The standard InChI is InChI=1S/C41H43N3O6S2/c1-27-15-21-34(22-16-27)52(47,48)44-36(23-29-9-4-3-5-10-29)40(46)43-33-12-8-11-32(24-33)41-49-37(26-51-38-14-7-6-13-35(38)42)28(2)39(50-41)31-19-17-30(25-45)18-20-31/h3-22,24,28,36-37,39,41,44-45H,23,25-26,42H2,1-2H3,(H,43,46). The number of thioether (sulfide) groups is 1. The van der Waals surface area contributed by atoms with E-state index in [4.69, 9.17) is 15.2 Å². The second kappa shape index (κ2) is 16.9. The predicted octanol–water partition coefficient (Wildman–Crippen LogP) is 7.18. The number of nitrogens with one attached hydrogen (secondary N) is 2. The van der Waals surface area contributed by atoms with Gasteiger partial charge in [-0.15, -0.1) is 11.8 Å². The van der Waals surface area contributed by atoms with Crippen LogP contribution < -0.4 is 15.8 Å². The summed E-state index contributed by atoms with van der Waals surface area (Å²) < 4.78 is 42.7. The summed E-state index contributed by atoms with van der Waals surface area (Å²) in [5, 5.41) is 12.5. The molecule has 52 heavy (non-hydrogen) atoms. The first-order valence-corrected chi connectivity index (χ1v) is 19.6. The molecule has 1 aliphatic rings. The quantitative estimate of drug-likeness (QED) is 0.0737. The van der Waals surface area contributed by atoms with E-state index in [-0.39, 0.29) is 36.0 Å².